The van der Waals surface area contributed by atoms with E-state index in [1.54, 1.807) is 0 Å². The molecule has 0 aromatic carbocycles. The van der Waals surface area contributed by atoms with Crippen LogP contribution in [0.1, 0.15) is 6.92 Å². The summed E-state index contributed by atoms with van der Waals surface area (Å²) in [5, 5.41) is 10.8. The van der Waals surface area contributed by atoms with Crippen LogP contribution in [0.3, 0.4) is 0 Å². The van der Waals surface area contributed by atoms with Gasteiger partial charge >= 0.3 is 5.97 Å². The number of hydrogen-bond donors (Lipinski definition) is 2. The summed E-state index contributed by atoms with van der Waals surface area (Å²) in [6, 6.07) is 0. The first-order valence-corrected chi connectivity index (χ1v) is 6.20. The van der Waals surface area contributed by atoms with Gasteiger partial charge in [0.05, 0.1) is 5.75 Å². The highest BCUT2D eigenvalue weighted by Crippen LogP contribution is 1.95. The molecule has 0 heterocycles. The van der Waals surface area contributed by atoms with Gasteiger partial charge in [-0.25, -0.2) is 12.7 Å². The largest absolute Gasteiger partial charge is 0.481 e. The highest BCUT2D eigenvalue weighted by molar-refractivity contribution is 7.89. The third-order valence-electron chi connectivity index (χ3n) is 1.98. The van der Waals surface area contributed by atoms with Crippen LogP contribution < -0.4 is 5.32 Å². The lowest BCUT2D eigenvalue weighted by Gasteiger charge is -2.12. The molecule has 2 N–H and O–H groups in total. The average Bonchev–Trinajstić information content (AvgIpc) is 2.15. The summed E-state index contributed by atoms with van der Waals surface area (Å²) in [4.78, 5) is 21.6. The van der Waals surface area contributed by atoms with Crippen molar-refractivity contribution < 1.29 is 23.1 Å². The Morgan fingerprint density at radius 2 is 1.88 bits per heavy atom. The number of sulfonamides is 1. The van der Waals surface area contributed by atoms with Gasteiger partial charge in [0.15, 0.2) is 0 Å². The van der Waals surface area contributed by atoms with Crippen molar-refractivity contribution in [1.29, 1.82) is 0 Å². The molecule has 94 valence electrons. The topological polar surface area (TPSA) is 104 Å². The van der Waals surface area contributed by atoms with Crippen LogP contribution in [0.4, 0.5) is 0 Å². The zero-order valence-electron chi connectivity index (χ0n) is 9.43. The Kier molecular flexibility index (Phi) is 5.39. The van der Waals surface area contributed by atoms with Crippen LogP contribution in [0.2, 0.25) is 0 Å². The number of nitrogens with one attached hydrogen (secondary N) is 1. The maximum Gasteiger partial charge on any atom is 0.315 e. The van der Waals surface area contributed by atoms with Gasteiger partial charge in [0.2, 0.25) is 15.9 Å². The van der Waals surface area contributed by atoms with Gasteiger partial charge in [-0.2, -0.15) is 0 Å². The molecule has 0 bridgehead atoms. The van der Waals surface area contributed by atoms with Crippen LogP contribution >= 0.6 is 0 Å². The van der Waals surface area contributed by atoms with Crippen molar-refractivity contribution in [2.24, 2.45) is 5.92 Å². The van der Waals surface area contributed by atoms with Crippen LogP contribution in [0.5, 0.6) is 0 Å². The summed E-state index contributed by atoms with van der Waals surface area (Å²) >= 11 is 0. The van der Waals surface area contributed by atoms with E-state index in [9.17, 15) is 18.0 Å². The lowest BCUT2D eigenvalue weighted by Crippen LogP contribution is -2.38. The minimum absolute atomic E-state index is 0.100. The summed E-state index contributed by atoms with van der Waals surface area (Å²) in [6.07, 6.45) is 0. The van der Waals surface area contributed by atoms with Gasteiger partial charge < -0.3 is 10.4 Å². The van der Waals surface area contributed by atoms with Crippen molar-refractivity contribution in [3.05, 3.63) is 0 Å². The van der Waals surface area contributed by atoms with Crippen LogP contribution in [-0.2, 0) is 19.6 Å². The van der Waals surface area contributed by atoms with E-state index >= 15 is 0 Å². The third-order valence-corrected chi connectivity index (χ3v) is 3.81. The third kappa shape index (κ3) is 4.58. The van der Waals surface area contributed by atoms with Crippen molar-refractivity contribution in [3.8, 4) is 0 Å². The number of carbonyl (C=O) groups excluding carboxylic acids is 1. The van der Waals surface area contributed by atoms with Gasteiger partial charge in [-0.1, -0.05) is 0 Å². The van der Waals surface area contributed by atoms with Crippen molar-refractivity contribution in [3.63, 3.8) is 0 Å². The minimum atomic E-state index is -3.37. The van der Waals surface area contributed by atoms with Crippen LogP contribution in [0.15, 0.2) is 0 Å². The summed E-state index contributed by atoms with van der Waals surface area (Å²) in [6.45, 7) is 1.13. The second-order valence-corrected chi connectivity index (χ2v) is 5.75. The molecular formula is C8H16N2O5S. The maximum absolute atomic E-state index is 11.3. The fourth-order valence-electron chi connectivity index (χ4n) is 0.751. The molecule has 0 aromatic heterocycles. The molecule has 0 aromatic rings. The molecule has 1 unspecified atom stereocenters. The predicted octanol–water partition coefficient (Wildman–Crippen LogP) is -1.29. The molecule has 1 amide bonds. The summed E-state index contributed by atoms with van der Waals surface area (Å²) < 4.78 is 23.6. The van der Waals surface area contributed by atoms with E-state index in [0.29, 0.717) is 0 Å². The minimum Gasteiger partial charge on any atom is -0.481 e. The molecule has 1 atom stereocenters. The maximum atomic E-state index is 11.3. The molecule has 0 saturated carbocycles. The number of rotatable bonds is 6. The van der Waals surface area contributed by atoms with Crippen LogP contribution in [0.25, 0.3) is 0 Å². The van der Waals surface area contributed by atoms with E-state index in [1.165, 1.54) is 21.0 Å². The molecule has 8 heteroatoms. The first kappa shape index (κ1) is 14.8. The van der Waals surface area contributed by atoms with E-state index < -0.39 is 27.8 Å². The highest BCUT2D eigenvalue weighted by atomic mass is 32.2. The summed E-state index contributed by atoms with van der Waals surface area (Å²) in [5.74, 6) is -3.37. The van der Waals surface area contributed by atoms with Crippen LogP contribution in [-0.4, -0.2) is 56.1 Å². The summed E-state index contributed by atoms with van der Waals surface area (Å²) in [5.41, 5.74) is 0. The van der Waals surface area contributed by atoms with Gasteiger partial charge in [0.1, 0.15) is 5.92 Å². The highest BCUT2D eigenvalue weighted by Gasteiger charge is 2.21. The van der Waals surface area contributed by atoms with Crippen molar-refractivity contribution in [2.45, 2.75) is 6.92 Å². The number of carbonyl (C=O) groups is 2. The van der Waals surface area contributed by atoms with E-state index in [-0.39, 0.29) is 12.3 Å². The number of carboxylic acid groups (broad SMARTS) is 1. The standard InChI is InChI=1S/C8H16N2O5S/c1-6(8(12)13)7(11)9-4-5-16(14,15)10(2)3/h6H,4-5H2,1-3H3,(H,9,11)(H,12,13). The van der Waals surface area contributed by atoms with Crippen molar-refractivity contribution in [1.82, 2.24) is 9.62 Å². The SMILES string of the molecule is CC(C(=O)O)C(=O)NCCS(=O)(=O)N(C)C. The Balaban J connectivity index is 4.11. The van der Waals surface area contributed by atoms with Crippen LogP contribution in [0, 0.1) is 5.92 Å². The Morgan fingerprint density at radius 3 is 2.25 bits per heavy atom. The molecule has 0 aliphatic heterocycles. The fourth-order valence-corrected chi connectivity index (χ4v) is 1.48. The van der Waals surface area contributed by atoms with E-state index in [1.807, 2.05) is 0 Å². The Hall–Kier alpha value is -1.15. The lowest BCUT2D eigenvalue weighted by molar-refractivity contribution is -0.146. The fraction of sp³-hybridized carbons (Fsp3) is 0.750. The van der Waals surface area contributed by atoms with Crippen molar-refractivity contribution >= 4 is 21.9 Å². The second-order valence-electron chi connectivity index (χ2n) is 3.45. The molecule has 0 saturated heterocycles. The molecule has 0 rings (SSSR count). The van der Waals surface area contributed by atoms with Crippen molar-refractivity contribution in [2.75, 3.05) is 26.4 Å². The van der Waals surface area contributed by atoms with E-state index in [2.05, 4.69) is 5.32 Å². The number of carboxylic acids is 1. The molecule has 0 fully saturated rings. The monoisotopic (exact) mass is 252 g/mol. The molecule has 16 heavy (non-hydrogen) atoms. The molecule has 7 nitrogen and oxygen atoms in total. The molecule has 0 aliphatic rings. The Bertz CT molecular complexity index is 363. The van der Waals surface area contributed by atoms with E-state index in [0.717, 1.165) is 4.31 Å². The number of aliphatic carboxylic acids is 1. The lowest BCUT2D eigenvalue weighted by atomic mass is 10.2. The summed E-state index contributed by atoms with van der Waals surface area (Å²) in [7, 11) is -0.597. The van der Waals surface area contributed by atoms with Gasteiger partial charge in [-0.15, -0.1) is 0 Å². The molecular weight excluding hydrogens is 236 g/mol. The van der Waals surface area contributed by atoms with Gasteiger partial charge in [0.25, 0.3) is 0 Å². The number of hydrogen-bond acceptors (Lipinski definition) is 4. The quantitative estimate of drug-likeness (QED) is 0.573. The van der Waals surface area contributed by atoms with Gasteiger partial charge in [0, 0.05) is 20.6 Å². The second kappa shape index (κ2) is 5.80. The molecule has 0 spiro atoms. The first-order valence-electron chi connectivity index (χ1n) is 4.59. The molecule has 0 aliphatic carbocycles. The van der Waals surface area contributed by atoms with Gasteiger partial charge in [-0.3, -0.25) is 9.59 Å². The first-order chi connectivity index (χ1) is 7.18. The Morgan fingerprint density at radius 1 is 1.38 bits per heavy atom. The molecule has 0 radical (unpaired) electrons. The van der Waals surface area contributed by atoms with E-state index in [4.69, 9.17) is 5.11 Å². The smallest absolute Gasteiger partial charge is 0.315 e. The predicted molar refractivity (Wildman–Crippen MR) is 57.3 cm³/mol. The zero-order chi connectivity index (χ0) is 12.9. The zero-order valence-corrected chi connectivity index (χ0v) is 10.2. The van der Waals surface area contributed by atoms with Gasteiger partial charge in [-0.05, 0) is 6.92 Å². The Labute approximate surface area is 94.5 Å². The normalized spacial score (nSPS) is 13.5. The average molecular weight is 252 g/mol. The number of amides is 1. The number of nitrogens with zero attached hydrogens (tertiary/aromatic N) is 1.